The molecule has 1 aromatic heterocycles. The first kappa shape index (κ1) is 21.2. The first-order chi connectivity index (χ1) is 15.5. The number of para-hydroxylation sites is 1. The molecule has 0 spiro atoms. The van der Waals surface area contributed by atoms with Crippen molar-refractivity contribution in [1.29, 1.82) is 0 Å². The van der Waals surface area contributed by atoms with E-state index in [1.807, 2.05) is 12.1 Å². The summed E-state index contributed by atoms with van der Waals surface area (Å²) in [4.78, 5) is 52.1. The number of anilines is 1. The number of rotatable bonds is 6. The molecule has 0 aliphatic carbocycles. The van der Waals surface area contributed by atoms with Gasteiger partial charge < -0.3 is 15.7 Å². The molecule has 2 unspecified atom stereocenters. The van der Waals surface area contributed by atoms with Crippen molar-refractivity contribution in [2.75, 3.05) is 18.0 Å². The van der Waals surface area contributed by atoms with E-state index < -0.39 is 35.9 Å². The third-order valence-electron chi connectivity index (χ3n) is 5.57. The van der Waals surface area contributed by atoms with Gasteiger partial charge in [0.15, 0.2) is 5.82 Å². The molecular weight excluding hydrogens is 420 g/mol. The summed E-state index contributed by atoms with van der Waals surface area (Å²) in [5, 5.41) is 27.7. The van der Waals surface area contributed by atoms with Gasteiger partial charge in [0.25, 0.3) is 0 Å². The number of nitrogens with zero attached hydrogens (tertiary/aromatic N) is 5. The molecule has 13 heteroatoms. The Kier molecular flexibility index (Phi) is 5.96. The van der Waals surface area contributed by atoms with Crippen molar-refractivity contribution in [2.24, 2.45) is 0 Å². The molecule has 0 radical (unpaired) electrons. The predicted octanol–water partition coefficient (Wildman–Crippen LogP) is -0.968. The van der Waals surface area contributed by atoms with E-state index >= 15 is 0 Å². The van der Waals surface area contributed by atoms with Gasteiger partial charge in [-0.3, -0.25) is 24.2 Å². The van der Waals surface area contributed by atoms with Gasteiger partial charge in [0.1, 0.15) is 12.1 Å². The number of hydrogen-bond acceptors (Lipinski definition) is 7. The van der Waals surface area contributed by atoms with Crippen molar-refractivity contribution in [1.82, 2.24) is 36.2 Å². The average Bonchev–Trinajstić information content (AvgIpc) is 3.54. The van der Waals surface area contributed by atoms with Gasteiger partial charge in [0, 0.05) is 18.7 Å². The minimum atomic E-state index is -1.17. The zero-order chi connectivity index (χ0) is 22.7. The molecule has 0 saturated carbocycles. The van der Waals surface area contributed by atoms with Crippen molar-refractivity contribution in [2.45, 2.75) is 37.9 Å². The van der Waals surface area contributed by atoms with Gasteiger partial charge in [-0.05, 0) is 24.5 Å². The summed E-state index contributed by atoms with van der Waals surface area (Å²) in [5.41, 5.74) is 1.43. The molecule has 168 valence electrons. The Morgan fingerprint density at radius 2 is 1.91 bits per heavy atom. The molecule has 1 saturated heterocycles. The Labute approximate surface area is 182 Å². The lowest BCUT2D eigenvalue weighted by atomic mass is 10.1. The van der Waals surface area contributed by atoms with Gasteiger partial charge >= 0.3 is 6.09 Å². The molecule has 2 atom stereocenters. The average molecular weight is 442 g/mol. The Morgan fingerprint density at radius 3 is 2.66 bits per heavy atom. The van der Waals surface area contributed by atoms with Gasteiger partial charge in [-0.15, -0.1) is 10.2 Å². The number of nitrogens with one attached hydrogen (secondary N) is 3. The summed E-state index contributed by atoms with van der Waals surface area (Å²) in [7, 11) is 0. The van der Waals surface area contributed by atoms with Crippen LogP contribution in [0.15, 0.2) is 24.3 Å². The maximum atomic E-state index is 13.1. The van der Waals surface area contributed by atoms with Crippen molar-refractivity contribution < 1.29 is 24.3 Å². The lowest BCUT2D eigenvalue weighted by molar-refractivity contribution is -0.128. The first-order valence-corrected chi connectivity index (χ1v) is 10.1. The van der Waals surface area contributed by atoms with Crippen LogP contribution in [-0.4, -0.2) is 79.6 Å². The molecule has 3 heterocycles. The number of carbonyl (C=O) groups excluding carboxylic acids is 3. The minimum absolute atomic E-state index is 0.0493. The molecule has 0 bridgehead atoms. The minimum Gasteiger partial charge on any atom is -0.465 e. The van der Waals surface area contributed by atoms with Crippen LogP contribution in [0.2, 0.25) is 0 Å². The maximum absolute atomic E-state index is 13.1. The molecule has 2 aliphatic rings. The molecule has 2 aliphatic heterocycles. The number of likely N-dealkylation sites (tertiary alicyclic amines) is 1. The lowest BCUT2D eigenvalue weighted by Gasteiger charge is -2.26. The van der Waals surface area contributed by atoms with Crippen molar-refractivity contribution in [3.63, 3.8) is 0 Å². The zero-order valence-corrected chi connectivity index (χ0v) is 17.0. The third-order valence-corrected chi connectivity index (χ3v) is 5.57. The van der Waals surface area contributed by atoms with E-state index in [-0.39, 0.29) is 19.6 Å². The van der Waals surface area contributed by atoms with Gasteiger partial charge in [-0.1, -0.05) is 23.4 Å². The summed E-state index contributed by atoms with van der Waals surface area (Å²) in [5.74, 6) is -1.08. The van der Waals surface area contributed by atoms with Crippen LogP contribution in [0, 0.1) is 0 Å². The number of amides is 4. The molecule has 4 amide bonds. The van der Waals surface area contributed by atoms with Crippen LogP contribution < -0.4 is 15.5 Å². The smallest absolute Gasteiger partial charge is 0.407 e. The van der Waals surface area contributed by atoms with E-state index in [0.29, 0.717) is 30.8 Å². The normalized spacial score (nSPS) is 19.5. The monoisotopic (exact) mass is 442 g/mol. The van der Waals surface area contributed by atoms with Crippen LogP contribution in [0.1, 0.15) is 24.2 Å². The highest BCUT2D eigenvalue weighted by atomic mass is 16.4. The van der Waals surface area contributed by atoms with Gasteiger partial charge in [-0.2, -0.15) is 5.21 Å². The van der Waals surface area contributed by atoms with Crippen LogP contribution in [0.25, 0.3) is 0 Å². The molecule has 32 heavy (non-hydrogen) atoms. The summed E-state index contributed by atoms with van der Waals surface area (Å²) < 4.78 is 0. The number of tetrazole rings is 1. The van der Waals surface area contributed by atoms with Crippen molar-refractivity contribution >= 4 is 29.5 Å². The Morgan fingerprint density at radius 1 is 1.12 bits per heavy atom. The second-order valence-corrected chi connectivity index (χ2v) is 7.51. The number of aromatic amines is 1. The molecule has 4 rings (SSSR count). The summed E-state index contributed by atoms with van der Waals surface area (Å²) in [6, 6.07) is 5.55. The van der Waals surface area contributed by atoms with Crippen LogP contribution in [0.3, 0.4) is 0 Å². The van der Waals surface area contributed by atoms with Gasteiger partial charge in [-0.25, -0.2) is 4.79 Å². The SMILES string of the molecule is O=C(NCC(=O)N1c2ccccc2CC1C(=O)NCc1nn[nH]n1)C1CCCN1C(=O)O. The van der Waals surface area contributed by atoms with E-state index in [2.05, 4.69) is 31.3 Å². The number of benzene rings is 1. The molecule has 4 N–H and O–H groups in total. The van der Waals surface area contributed by atoms with E-state index in [1.54, 1.807) is 12.1 Å². The highest BCUT2D eigenvalue weighted by Gasteiger charge is 2.39. The zero-order valence-electron chi connectivity index (χ0n) is 17.0. The second kappa shape index (κ2) is 8.99. The topological polar surface area (TPSA) is 174 Å². The standard InChI is InChI=1S/C19H22N8O5/c28-16(10-21-17(29)13-6-3-7-26(13)19(31)32)27-12-5-2-1-4-11(12)8-14(27)18(30)20-9-15-22-24-25-23-15/h1-2,4-5,13-14H,3,6-10H2,(H,20,30)(H,21,29)(H,31,32)(H,22,23,24,25). The third kappa shape index (κ3) is 4.22. The van der Waals surface area contributed by atoms with E-state index in [1.165, 1.54) is 4.90 Å². The van der Waals surface area contributed by atoms with Crippen LogP contribution >= 0.6 is 0 Å². The Bertz CT molecular complexity index is 1030. The summed E-state index contributed by atoms with van der Waals surface area (Å²) in [6.07, 6.45) is 0.143. The molecule has 2 aromatic rings. The molecular formula is C19H22N8O5. The quantitative estimate of drug-likeness (QED) is 0.442. The van der Waals surface area contributed by atoms with E-state index in [0.717, 1.165) is 10.5 Å². The number of carboxylic acid groups (broad SMARTS) is 1. The fourth-order valence-corrected chi connectivity index (χ4v) is 4.08. The van der Waals surface area contributed by atoms with Crippen LogP contribution in [0.5, 0.6) is 0 Å². The van der Waals surface area contributed by atoms with Crippen LogP contribution in [0.4, 0.5) is 10.5 Å². The molecule has 1 aromatic carbocycles. The Hall–Kier alpha value is -4.03. The van der Waals surface area contributed by atoms with E-state index in [4.69, 9.17) is 0 Å². The second-order valence-electron chi connectivity index (χ2n) is 7.51. The fourth-order valence-electron chi connectivity index (χ4n) is 4.08. The predicted molar refractivity (Wildman–Crippen MR) is 108 cm³/mol. The number of carbonyl (C=O) groups is 4. The lowest BCUT2D eigenvalue weighted by Crippen LogP contribution is -2.52. The number of hydrogen-bond donors (Lipinski definition) is 4. The number of fused-ring (bicyclic) bond motifs is 1. The molecule has 13 nitrogen and oxygen atoms in total. The highest BCUT2D eigenvalue weighted by molar-refractivity contribution is 6.05. The highest BCUT2D eigenvalue weighted by Crippen LogP contribution is 2.32. The summed E-state index contributed by atoms with van der Waals surface area (Å²) >= 11 is 0. The largest absolute Gasteiger partial charge is 0.465 e. The first-order valence-electron chi connectivity index (χ1n) is 10.1. The fraction of sp³-hybridized carbons (Fsp3) is 0.421. The van der Waals surface area contributed by atoms with Gasteiger partial charge in [0.2, 0.25) is 17.7 Å². The number of aromatic nitrogens is 4. The van der Waals surface area contributed by atoms with Gasteiger partial charge in [0.05, 0.1) is 13.1 Å². The van der Waals surface area contributed by atoms with Crippen molar-refractivity contribution in [3.8, 4) is 0 Å². The summed E-state index contributed by atoms with van der Waals surface area (Å²) in [6.45, 7) is -0.0249. The number of H-pyrrole nitrogens is 1. The Balaban J connectivity index is 1.43. The van der Waals surface area contributed by atoms with Crippen molar-refractivity contribution in [3.05, 3.63) is 35.7 Å². The maximum Gasteiger partial charge on any atom is 0.407 e. The molecule has 1 fully saturated rings. The van der Waals surface area contributed by atoms with Crippen LogP contribution in [-0.2, 0) is 27.3 Å². The van der Waals surface area contributed by atoms with E-state index in [9.17, 15) is 24.3 Å².